The van der Waals surface area contributed by atoms with Gasteiger partial charge in [-0.25, -0.2) is 18.4 Å². The van der Waals surface area contributed by atoms with E-state index in [0.29, 0.717) is 18.2 Å². The molecular weight excluding hydrogens is 463 g/mol. The fourth-order valence-corrected chi connectivity index (χ4v) is 3.45. The smallest absolute Gasteiger partial charge is 0.458 e. The summed E-state index contributed by atoms with van der Waals surface area (Å²) in [4.78, 5) is 25.3. The molecule has 0 bridgehead atoms. The zero-order chi connectivity index (χ0) is 25.3. The first kappa shape index (κ1) is 26.2. The Morgan fingerprint density at radius 3 is 2.18 bits per heavy atom. The molecule has 1 heterocycles. The van der Waals surface area contributed by atoms with Gasteiger partial charge in [0.1, 0.15) is 12.5 Å². The van der Waals surface area contributed by atoms with Crippen LogP contribution in [0.1, 0.15) is 37.8 Å². The number of methoxy groups -OCH3 is 1. The Bertz CT molecular complexity index is 1010. The van der Waals surface area contributed by atoms with E-state index < -0.39 is 76.5 Å². The van der Waals surface area contributed by atoms with Crippen molar-refractivity contribution in [1.82, 2.24) is 5.32 Å². The molecule has 5 nitrogen and oxygen atoms in total. The predicted molar refractivity (Wildman–Crippen MR) is 101 cm³/mol. The number of carbonyl (C=O) groups excluding carboxylic acids is 2. The molecule has 1 atom stereocenters. The van der Waals surface area contributed by atoms with Crippen molar-refractivity contribution in [3.63, 3.8) is 0 Å². The third-order valence-electron chi connectivity index (χ3n) is 4.78. The van der Waals surface area contributed by atoms with Crippen molar-refractivity contribution in [2.75, 3.05) is 13.8 Å². The number of dihydropyridines is 1. The minimum absolute atomic E-state index is 0.226. The van der Waals surface area contributed by atoms with Crippen LogP contribution in [0.5, 0.6) is 0 Å². The molecule has 1 unspecified atom stereocenters. The zero-order valence-corrected chi connectivity index (χ0v) is 17.9. The van der Waals surface area contributed by atoms with Crippen molar-refractivity contribution in [3.05, 3.63) is 57.7 Å². The molecule has 1 aliphatic rings. The first-order chi connectivity index (χ1) is 15.2. The molecule has 0 aliphatic carbocycles. The molecule has 33 heavy (non-hydrogen) atoms. The number of rotatable bonds is 6. The van der Waals surface area contributed by atoms with E-state index in [-0.39, 0.29) is 5.70 Å². The van der Waals surface area contributed by atoms with Gasteiger partial charge in [0.25, 0.3) is 0 Å². The van der Waals surface area contributed by atoms with Crippen molar-refractivity contribution >= 4 is 11.9 Å². The van der Waals surface area contributed by atoms with Crippen LogP contribution in [-0.4, -0.2) is 38.0 Å². The molecule has 1 aromatic rings. The number of esters is 2. The van der Waals surface area contributed by atoms with Gasteiger partial charge in [-0.15, -0.1) is 0 Å². The molecule has 1 N–H and O–H groups in total. The number of hydrogen-bond donors (Lipinski definition) is 1. The van der Waals surface area contributed by atoms with Crippen LogP contribution < -0.4 is 5.32 Å². The van der Waals surface area contributed by atoms with E-state index in [1.807, 2.05) is 0 Å². The van der Waals surface area contributed by atoms with Gasteiger partial charge in [-0.3, -0.25) is 0 Å². The highest BCUT2D eigenvalue weighted by Crippen LogP contribution is 2.50. The third-order valence-corrected chi connectivity index (χ3v) is 4.78. The average molecular weight is 483 g/mol. The number of ether oxygens (including phenoxy) is 2. The quantitative estimate of drug-likeness (QED) is 0.466. The van der Waals surface area contributed by atoms with Crippen LogP contribution in [-0.2, 0) is 25.0 Å². The molecule has 12 heteroatoms. The molecule has 0 aromatic heterocycles. The van der Waals surface area contributed by atoms with E-state index in [1.54, 1.807) is 0 Å². The number of benzene rings is 1. The number of allylic oxidation sites excluding steroid dienone is 2. The van der Waals surface area contributed by atoms with Gasteiger partial charge in [0, 0.05) is 16.8 Å². The van der Waals surface area contributed by atoms with E-state index in [0.717, 1.165) is 7.11 Å². The first-order valence-corrected chi connectivity index (χ1v) is 9.48. The van der Waals surface area contributed by atoms with E-state index in [2.05, 4.69) is 10.1 Å². The molecule has 1 aliphatic heterocycles. The topological polar surface area (TPSA) is 64.6 Å². The highest BCUT2D eigenvalue weighted by molar-refractivity contribution is 6.00. The molecule has 2 rings (SSSR count). The van der Waals surface area contributed by atoms with Crippen molar-refractivity contribution in [2.45, 2.75) is 44.9 Å². The largest absolute Gasteiger partial charge is 0.466 e. The van der Waals surface area contributed by atoms with E-state index in [9.17, 15) is 40.3 Å². The first-order valence-electron chi connectivity index (χ1n) is 9.48. The highest BCUT2D eigenvalue weighted by Gasteiger charge is 2.60. The number of nitrogens with one attached hydrogen (secondary N) is 1. The lowest BCUT2D eigenvalue weighted by Crippen LogP contribution is -2.38. The molecular formula is C21H20F7NO4. The lowest BCUT2D eigenvalue weighted by molar-refractivity contribution is -0.289. The van der Waals surface area contributed by atoms with Crippen LogP contribution in [0.25, 0.3) is 0 Å². The fraction of sp³-hybridized carbons (Fsp3) is 0.429. The molecule has 0 radical (unpaired) electrons. The molecule has 1 aromatic carbocycles. The van der Waals surface area contributed by atoms with Gasteiger partial charge < -0.3 is 14.8 Å². The van der Waals surface area contributed by atoms with Gasteiger partial charge in [0.2, 0.25) is 0 Å². The van der Waals surface area contributed by atoms with Gasteiger partial charge in [0.05, 0.1) is 36.0 Å². The second kappa shape index (κ2) is 9.44. The number of alkyl halides is 6. The van der Waals surface area contributed by atoms with Crippen LogP contribution in [0.15, 0.2) is 40.7 Å². The van der Waals surface area contributed by atoms with Crippen LogP contribution in [0.3, 0.4) is 0 Å². The summed E-state index contributed by atoms with van der Waals surface area (Å²) in [5.74, 6) is -11.9. The Morgan fingerprint density at radius 1 is 1.09 bits per heavy atom. The maximum Gasteiger partial charge on any atom is 0.458 e. The Labute approximate surface area is 184 Å². The van der Waals surface area contributed by atoms with Crippen molar-refractivity contribution < 1.29 is 49.8 Å². The SMILES string of the molecule is COC(=O)C1=C(CF)NC(C)=C(C(=O)OC(C)C)C1c1c(F)cccc1C(F)(F)C(F)(F)F. The average Bonchev–Trinajstić information content (AvgIpc) is 2.70. The van der Waals surface area contributed by atoms with E-state index in [1.165, 1.54) is 20.8 Å². The van der Waals surface area contributed by atoms with Gasteiger partial charge in [-0.05, 0) is 26.8 Å². The number of halogens is 7. The lowest BCUT2D eigenvalue weighted by Gasteiger charge is -2.33. The summed E-state index contributed by atoms with van der Waals surface area (Å²) in [6, 6.07) is 1.52. The van der Waals surface area contributed by atoms with E-state index >= 15 is 0 Å². The summed E-state index contributed by atoms with van der Waals surface area (Å²) < 4.78 is 107. The summed E-state index contributed by atoms with van der Waals surface area (Å²) in [5, 5.41) is 2.39. The second-order valence-corrected chi connectivity index (χ2v) is 7.34. The molecule has 0 fully saturated rings. The van der Waals surface area contributed by atoms with Gasteiger partial charge in [0.15, 0.2) is 0 Å². The summed E-state index contributed by atoms with van der Waals surface area (Å²) in [7, 11) is 0.839. The molecule has 0 spiro atoms. The monoisotopic (exact) mass is 483 g/mol. The highest BCUT2D eigenvalue weighted by atomic mass is 19.4. The zero-order valence-electron chi connectivity index (χ0n) is 17.9. The Kier molecular flexibility index (Phi) is 7.49. The molecule has 0 saturated heterocycles. The number of hydrogen-bond acceptors (Lipinski definition) is 5. The summed E-state index contributed by atoms with van der Waals surface area (Å²) in [6.45, 7) is 2.60. The number of carbonyl (C=O) groups is 2. The van der Waals surface area contributed by atoms with Crippen LogP contribution >= 0.6 is 0 Å². The normalized spacial score (nSPS) is 17.3. The molecule has 0 saturated carbocycles. The van der Waals surface area contributed by atoms with Crippen molar-refractivity contribution in [3.8, 4) is 0 Å². The third kappa shape index (κ3) is 4.83. The minimum atomic E-state index is -6.14. The van der Waals surface area contributed by atoms with Crippen molar-refractivity contribution in [1.29, 1.82) is 0 Å². The minimum Gasteiger partial charge on any atom is -0.466 e. The fourth-order valence-electron chi connectivity index (χ4n) is 3.45. The van der Waals surface area contributed by atoms with Gasteiger partial charge in [-0.1, -0.05) is 12.1 Å². The van der Waals surface area contributed by atoms with Crippen LogP contribution in [0.4, 0.5) is 30.7 Å². The molecule has 0 amide bonds. The second-order valence-electron chi connectivity index (χ2n) is 7.34. The van der Waals surface area contributed by atoms with Gasteiger partial charge >= 0.3 is 24.0 Å². The summed E-state index contributed by atoms with van der Waals surface area (Å²) in [5.41, 5.74) is -5.48. The Morgan fingerprint density at radius 2 is 1.70 bits per heavy atom. The van der Waals surface area contributed by atoms with E-state index in [4.69, 9.17) is 4.74 Å². The van der Waals surface area contributed by atoms with Crippen LogP contribution in [0, 0.1) is 5.82 Å². The Balaban J connectivity index is 2.99. The maximum absolute atomic E-state index is 15.0. The lowest BCUT2D eigenvalue weighted by atomic mass is 9.77. The summed E-state index contributed by atoms with van der Waals surface area (Å²) in [6.07, 6.45) is -6.92. The molecule has 182 valence electrons. The van der Waals surface area contributed by atoms with Gasteiger partial charge in [-0.2, -0.15) is 22.0 Å². The Hall–Kier alpha value is -3.05. The maximum atomic E-state index is 15.0. The standard InChI is InChI=1S/C21H20F7NO4/c1-9(2)33-19(31)14-10(3)29-13(8-22)16(18(30)32-4)17(14)15-11(6-5-7-12(15)23)20(24,25)21(26,27)28/h5-7,9,17,29H,8H2,1-4H3. The van der Waals surface area contributed by atoms with Crippen LogP contribution in [0.2, 0.25) is 0 Å². The summed E-state index contributed by atoms with van der Waals surface area (Å²) >= 11 is 0. The van der Waals surface area contributed by atoms with Crippen molar-refractivity contribution in [2.24, 2.45) is 0 Å². The predicted octanol–water partition coefficient (Wildman–Crippen LogP) is 4.79.